The van der Waals surface area contributed by atoms with Crippen LogP contribution in [-0.2, 0) is 4.79 Å². The van der Waals surface area contributed by atoms with E-state index in [1.807, 2.05) is 19.9 Å². The van der Waals surface area contributed by atoms with Crippen LogP contribution < -0.4 is 5.73 Å². The van der Waals surface area contributed by atoms with Crippen molar-refractivity contribution in [3.63, 3.8) is 0 Å². The Morgan fingerprint density at radius 1 is 1.31 bits per heavy atom. The van der Waals surface area contributed by atoms with Crippen LogP contribution in [0.3, 0.4) is 0 Å². The van der Waals surface area contributed by atoms with Gasteiger partial charge in [-0.15, -0.1) is 0 Å². The summed E-state index contributed by atoms with van der Waals surface area (Å²) in [6, 6.07) is 5.40. The monoisotopic (exact) mass is 223 g/mol. The van der Waals surface area contributed by atoms with E-state index in [-0.39, 0.29) is 6.42 Å². The Kier molecular flexibility index (Phi) is 4.04. The number of amides is 1. The molecular formula is C12H17NO3. The Morgan fingerprint density at radius 2 is 1.94 bits per heavy atom. The van der Waals surface area contributed by atoms with Crippen LogP contribution in [0.25, 0.3) is 0 Å². The first-order chi connectivity index (χ1) is 7.41. The zero-order chi connectivity index (χ0) is 12.3. The fraction of sp³-hybridized carbons (Fsp3) is 0.417. The lowest BCUT2D eigenvalue weighted by molar-refractivity contribution is -0.121. The first kappa shape index (κ1) is 12.7. The molecule has 2 unspecified atom stereocenters. The summed E-state index contributed by atoms with van der Waals surface area (Å²) >= 11 is 0. The van der Waals surface area contributed by atoms with Gasteiger partial charge in [0.2, 0.25) is 5.91 Å². The molecule has 4 heteroatoms. The number of aliphatic hydroxyl groups is 2. The van der Waals surface area contributed by atoms with Crippen molar-refractivity contribution in [3.8, 4) is 0 Å². The maximum absolute atomic E-state index is 10.6. The largest absolute Gasteiger partial charge is 0.390 e. The third-order valence-electron chi connectivity index (χ3n) is 2.65. The first-order valence-electron chi connectivity index (χ1n) is 5.13. The normalized spacial score (nSPS) is 14.5. The number of aliphatic hydroxyl groups excluding tert-OH is 2. The molecule has 0 aliphatic heterocycles. The van der Waals surface area contributed by atoms with Gasteiger partial charge in [0.15, 0.2) is 0 Å². The third-order valence-corrected chi connectivity index (χ3v) is 2.65. The van der Waals surface area contributed by atoms with Crippen molar-refractivity contribution in [2.24, 2.45) is 5.73 Å². The number of nitrogens with two attached hydrogens (primary N) is 1. The van der Waals surface area contributed by atoms with E-state index < -0.39 is 18.1 Å². The van der Waals surface area contributed by atoms with Gasteiger partial charge in [0.1, 0.15) is 6.10 Å². The third kappa shape index (κ3) is 3.05. The minimum Gasteiger partial charge on any atom is -0.390 e. The molecule has 16 heavy (non-hydrogen) atoms. The van der Waals surface area contributed by atoms with Crippen LogP contribution in [0, 0.1) is 13.8 Å². The molecule has 1 rings (SSSR count). The fourth-order valence-electron chi connectivity index (χ4n) is 1.49. The van der Waals surface area contributed by atoms with Crippen molar-refractivity contribution in [1.29, 1.82) is 0 Å². The van der Waals surface area contributed by atoms with Crippen molar-refractivity contribution in [1.82, 2.24) is 0 Å². The molecule has 1 aromatic rings. The van der Waals surface area contributed by atoms with E-state index in [4.69, 9.17) is 5.73 Å². The average Bonchev–Trinajstić information content (AvgIpc) is 2.20. The second-order valence-corrected chi connectivity index (χ2v) is 4.03. The summed E-state index contributed by atoms with van der Waals surface area (Å²) in [5, 5.41) is 19.3. The lowest BCUT2D eigenvalue weighted by Gasteiger charge is -2.17. The molecule has 0 aromatic heterocycles. The molecule has 4 N–H and O–H groups in total. The van der Waals surface area contributed by atoms with Gasteiger partial charge in [-0.1, -0.05) is 18.2 Å². The highest BCUT2D eigenvalue weighted by molar-refractivity contribution is 5.74. The van der Waals surface area contributed by atoms with E-state index in [0.717, 1.165) is 11.1 Å². The number of carbonyl (C=O) groups is 1. The SMILES string of the molecule is Cc1ccc(C(O)C(O)CC(N)=O)cc1C. The van der Waals surface area contributed by atoms with Crippen LogP contribution in [-0.4, -0.2) is 22.2 Å². The molecule has 0 fully saturated rings. The molecular weight excluding hydrogens is 206 g/mol. The Bertz CT molecular complexity index is 390. The minimum atomic E-state index is -1.15. The van der Waals surface area contributed by atoms with Crippen molar-refractivity contribution >= 4 is 5.91 Å². The van der Waals surface area contributed by atoms with Crippen LogP contribution in [0.5, 0.6) is 0 Å². The fourth-order valence-corrected chi connectivity index (χ4v) is 1.49. The highest BCUT2D eigenvalue weighted by atomic mass is 16.3. The maximum Gasteiger partial charge on any atom is 0.220 e. The molecule has 0 heterocycles. The van der Waals surface area contributed by atoms with Crippen molar-refractivity contribution in [3.05, 3.63) is 34.9 Å². The van der Waals surface area contributed by atoms with Gasteiger partial charge >= 0.3 is 0 Å². The molecule has 2 atom stereocenters. The van der Waals surface area contributed by atoms with E-state index >= 15 is 0 Å². The Morgan fingerprint density at radius 3 is 2.44 bits per heavy atom. The van der Waals surface area contributed by atoms with Gasteiger partial charge in [-0.2, -0.15) is 0 Å². The Labute approximate surface area is 94.7 Å². The van der Waals surface area contributed by atoms with Gasteiger partial charge < -0.3 is 15.9 Å². The second kappa shape index (κ2) is 5.09. The topological polar surface area (TPSA) is 83.6 Å². The molecule has 4 nitrogen and oxygen atoms in total. The zero-order valence-corrected chi connectivity index (χ0v) is 9.47. The number of aryl methyl sites for hydroxylation is 2. The molecule has 0 saturated heterocycles. The number of hydrogen-bond acceptors (Lipinski definition) is 3. The van der Waals surface area contributed by atoms with E-state index in [1.54, 1.807) is 12.1 Å². The van der Waals surface area contributed by atoms with Gasteiger partial charge in [0.25, 0.3) is 0 Å². The smallest absolute Gasteiger partial charge is 0.220 e. The Hall–Kier alpha value is -1.39. The van der Waals surface area contributed by atoms with Crippen molar-refractivity contribution < 1.29 is 15.0 Å². The van der Waals surface area contributed by atoms with E-state index in [1.165, 1.54) is 0 Å². The molecule has 1 amide bonds. The summed E-state index contributed by atoms with van der Waals surface area (Å²) < 4.78 is 0. The zero-order valence-electron chi connectivity index (χ0n) is 9.47. The van der Waals surface area contributed by atoms with Crippen LogP contribution in [0.4, 0.5) is 0 Å². The Balaban J connectivity index is 2.83. The van der Waals surface area contributed by atoms with E-state index in [9.17, 15) is 15.0 Å². The molecule has 0 aliphatic carbocycles. The predicted molar refractivity (Wildman–Crippen MR) is 60.7 cm³/mol. The van der Waals surface area contributed by atoms with Crippen LogP contribution >= 0.6 is 0 Å². The number of carbonyl (C=O) groups excluding carboxylic acids is 1. The number of benzene rings is 1. The summed E-state index contributed by atoms with van der Waals surface area (Å²) in [6.07, 6.45) is -2.47. The molecule has 0 saturated carbocycles. The van der Waals surface area contributed by atoms with Gasteiger partial charge in [-0.3, -0.25) is 4.79 Å². The summed E-state index contributed by atoms with van der Waals surface area (Å²) in [6.45, 7) is 3.89. The molecule has 0 radical (unpaired) electrons. The van der Waals surface area contributed by atoms with Crippen LogP contribution in [0.1, 0.15) is 29.2 Å². The average molecular weight is 223 g/mol. The van der Waals surface area contributed by atoms with Gasteiger partial charge in [0.05, 0.1) is 12.5 Å². The lowest BCUT2D eigenvalue weighted by atomic mass is 9.98. The molecule has 1 aromatic carbocycles. The van der Waals surface area contributed by atoms with E-state index in [2.05, 4.69) is 0 Å². The standard InChI is InChI=1S/C12H17NO3/c1-7-3-4-9(5-8(7)2)12(16)10(14)6-11(13)15/h3-5,10,12,14,16H,6H2,1-2H3,(H2,13,15). The molecule has 0 spiro atoms. The molecule has 0 aliphatic rings. The van der Waals surface area contributed by atoms with E-state index in [0.29, 0.717) is 5.56 Å². The summed E-state index contributed by atoms with van der Waals surface area (Å²) in [4.78, 5) is 10.6. The van der Waals surface area contributed by atoms with Gasteiger partial charge in [0, 0.05) is 0 Å². The quantitative estimate of drug-likeness (QED) is 0.698. The summed E-state index contributed by atoms with van der Waals surface area (Å²) in [5.41, 5.74) is 7.69. The highest BCUT2D eigenvalue weighted by Gasteiger charge is 2.20. The molecule has 88 valence electrons. The van der Waals surface area contributed by atoms with Gasteiger partial charge in [-0.25, -0.2) is 0 Å². The minimum absolute atomic E-state index is 0.242. The van der Waals surface area contributed by atoms with Crippen molar-refractivity contribution in [2.45, 2.75) is 32.5 Å². The lowest BCUT2D eigenvalue weighted by Crippen LogP contribution is -2.25. The van der Waals surface area contributed by atoms with Crippen molar-refractivity contribution in [2.75, 3.05) is 0 Å². The van der Waals surface area contributed by atoms with Gasteiger partial charge in [-0.05, 0) is 30.5 Å². The summed E-state index contributed by atoms with van der Waals surface area (Å²) in [7, 11) is 0. The number of rotatable bonds is 4. The summed E-state index contributed by atoms with van der Waals surface area (Å²) in [5.74, 6) is -0.629. The predicted octanol–water partition coefficient (Wildman–Crippen LogP) is 0.573. The first-order valence-corrected chi connectivity index (χ1v) is 5.13. The highest BCUT2D eigenvalue weighted by Crippen LogP contribution is 2.21. The maximum atomic E-state index is 10.6. The number of primary amides is 1. The van der Waals surface area contributed by atoms with Crippen LogP contribution in [0.2, 0.25) is 0 Å². The van der Waals surface area contributed by atoms with Crippen LogP contribution in [0.15, 0.2) is 18.2 Å². The number of hydrogen-bond donors (Lipinski definition) is 3. The molecule has 0 bridgehead atoms. The second-order valence-electron chi connectivity index (χ2n) is 4.03.